The van der Waals surface area contributed by atoms with E-state index in [4.69, 9.17) is 0 Å². The van der Waals surface area contributed by atoms with E-state index >= 15 is 0 Å². The molecule has 5 heteroatoms. The van der Waals surface area contributed by atoms with E-state index in [-0.39, 0.29) is 10.7 Å². The fourth-order valence-electron chi connectivity index (χ4n) is 1.59. The van der Waals surface area contributed by atoms with Gasteiger partial charge in [-0.05, 0) is 39.0 Å². The van der Waals surface area contributed by atoms with Crippen LogP contribution in [0.3, 0.4) is 0 Å². The summed E-state index contributed by atoms with van der Waals surface area (Å²) in [6, 6.07) is 7.43. The van der Waals surface area contributed by atoms with Crippen LogP contribution in [0.4, 0.5) is 5.69 Å². The molecular weight excluding hydrogens is 272 g/mol. The lowest BCUT2D eigenvalue weighted by Gasteiger charge is -2.18. The predicted octanol–water partition coefficient (Wildman–Crippen LogP) is 2.03. The molecule has 0 spiro atoms. The Morgan fingerprint density at radius 2 is 1.95 bits per heavy atom. The molecule has 0 aromatic heterocycles. The number of benzene rings is 1. The summed E-state index contributed by atoms with van der Waals surface area (Å²) in [5.74, 6) is 0.349. The number of rotatable bonds is 5. The second-order valence-corrected chi connectivity index (χ2v) is 8.19. The van der Waals surface area contributed by atoms with E-state index in [0.717, 1.165) is 5.69 Å². The second-order valence-electron chi connectivity index (χ2n) is 5.86. The monoisotopic (exact) mass is 296 g/mol. The molecule has 1 rings (SSSR count). The molecule has 1 atom stereocenters. The van der Waals surface area contributed by atoms with Gasteiger partial charge in [0.1, 0.15) is 0 Å². The summed E-state index contributed by atoms with van der Waals surface area (Å²) in [7, 11) is 2.92. The Bertz CT molecular complexity index is 493. The average molecular weight is 296 g/mol. The molecule has 0 bridgehead atoms. The van der Waals surface area contributed by atoms with Crippen molar-refractivity contribution < 1.29 is 9.00 Å². The van der Waals surface area contributed by atoms with Crippen molar-refractivity contribution >= 4 is 22.4 Å². The molecule has 1 unspecified atom stereocenters. The van der Waals surface area contributed by atoms with Gasteiger partial charge in [-0.15, -0.1) is 0 Å². The summed E-state index contributed by atoms with van der Waals surface area (Å²) < 4.78 is 11.6. The summed E-state index contributed by atoms with van der Waals surface area (Å²) in [5, 5.41) is 2.82. The minimum atomic E-state index is -0.945. The molecule has 4 nitrogen and oxygen atoms in total. The zero-order valence-electron chi connectivity index (χ0n) is 12.9. The van der Waals surface area contributed by atoms with Crippen LogP contribution in [0.15, 0.2) is 24.3 Å². The predicted molar refractivity (Wildman–Crippen MR) is 85.9 cm³/mol. The maximum Gasteiger partial charge on any atom is 0.251 e. The topological polar surface area (TPSA) is 49.4 Å². The molecule has 0 aliphatic carbocycles. The largest absolute Gasteiger partial charge is 0.378 e. The number of carbonyl (C=O) groups excluding carboxylic acids is 1. The van der Waals surface area contributed by atoms with Crippen LogP contribution in [-0.2, 0) is 10.8 Å². The van der Waals surface area contributed by atoms with Gasteiger partial charge in [-0.1, -0.05) is 6.07 Å². The minimum Gasteiger partial charge on any atom is -0.378 e. The fourth-order valence-corrected chi connectivity index (χ4v) is 2.49. The Balaban J connectivity index is 2.56. The first-order valence-electron chi connectivity index (χ1n) is 6.66. The number of nitrogens with zero attached hydrogens (tertiary/aromatic N) is 1. The Kier molecular flexibility index (Phi) is 5.74. The highest BCUT2D eigenvalue weighted by Gasteiger charge is 2.19. The van der Waals surface area contributed by atoms with Crippen molar-refractivity contribution in [3.8, 4) is 0 Å². The highest BCUT2D eigenvalue weighted by atomic mass is 32.2. The maximum absolute atomic E-state index is 12.0. The molecule has 0 heterocycles. The molecule has 112 valence electrons. The van der Waals surface area contributed by atoms with Gasteiger partial charge in [-0.3, -0.25) is 9.00 Å². The summed E-state index contributed by atoms with van der Waals surface area (Å²) in [5.41, 5.74) is 1.61. The molecule has 0 radical (unpaired) electrons. The van der Waals surface area contributed by atoms with Crippen LogP contribution in [0.25, 0.3) is 0 Å². The van der Waals surface area contributed by atoms with E-state index in [1.54, 1.807) is 6.07 Å². The number of amides is 1. The molecule has 0 saturated heterocycles. The first kappa shape index (κ1) is 16.7. The minimum absolute atomic E-state index is 0.125. The lowest BCUT2D eigenvalue weighted by Crippen LogP contribution is -2.32. The van der Waals surface area contributed by atoms with Crippen molar-refractivity contribution in [1.82, 2.24) is 5.32 Å². The normalized spacial score (nSPS) is 12.8. The molecule has 0 saturated carbocycles. The highest BCUT2D eigenvalue weighted by Crippen LogP contribution is 2.13. The Morgan fingerprint density at radius 1 is 1.30 bits per heavy atom. The lowest BCUT2D eigenvalue weighted by atomic mass is 10.2. The summed E-state index contributed by atoms with van der Waals surface area (Å²) >= 11 is 0. The zero-order valence-corrected chi connectivity index (χ0v) is 13.7. The van der Waals surface area contributed by atoms with E-state index in [1.807, 2.05) is 58.0 Å². The van der Waals surface area contributed by atoms with Crippen LogP contribution in [0, 0.1) is 0 Å². The third kappa shape index (κ3) is 4.96. The van der Waals surface area contributed by atoms with E-state index in [1.165, 1.54) is 0 Å². The zero-order chi connectivity index (χ0) is 15.3. The Labute approximate surface area is 124 Å². The van der Waals surface area contributed by atoms with Gasteiger partial charge in [0.05, 0.1) is 0 Å². The second kappa shape index (κ2) is 6.88. The van der Waals surface area contributed by atoms with Gasteiger partial charge >= 0.3 is 0 Å². The first-order chi connectivity index (χ1) is 9.21. The van der Waals surface area contributed by atoms with Crippen LogP contribution in [0.5, 0.6) is 0 Å². The van der Waals surface area contributed by atoms with Gasteiger partial charge in [0.15, 0.2) is 0 Å². The molecule has 1 aromatic rings. The van der Waals surface area contributed by atoms with Gasteiger partial charge < -0.3 is 10.2 Å². The number of hydrogen-bond acceptors (Lipinski definition) is 3. The third-order valence-corrected chi connectivity index (χ3v) is 4.82. The van der Waals surface area contributed by atoms with Crippen LogP contribution in [-0.4, -0.2) is 41.3 Å². The van der Waals surface area contributed by atoms with Crippen molar-refractivity contribution in [2.75, 3.05) is 31.3 Å². The van der Waals surface area contributed by atoms with Crippen LogP contribution >= 0.6 is 0 Å². The molecule has 1 N–H and O–H groups in total. The lowest BCUT2D eigenvalue weighted by molar-refractivity contribution is 0.0956. The summed E-state index contributed by atoms with van der Waals surface area (Å²) in [6.45, 7) is 6.23. The van der Waals surface area contributed by atoms with Crippen molar-refractivity contribution in [1.29, 1.82) is 0 Å². The van der Waals surface area contributed by atoms with E-state index < -0.39 is 10.8 Å². The van der Waals surface area contributed by atoms with Crippen LogP contribution < -0.4 is 10.2 Å². The van der Waals surface area contributed by atoms with Crippen molar-refractivity contribution in [2.45, 2.75) is 25.5 Å². The molecule has 0 aliphatic rings. The van der Waals surface area contributed by atoms with Gasteiger partial charge in [0, 0.05) is 53.2 Å². The Morgan fingerprint density at radius 3 is 2.50 bits per heavy atom. The van der Waals surface area contributed by atoms with E-state index in [0.29, 0.717) is 17.9 Å². The van der Waals surface area contributed by atoms with Gasteiger partial charge in [0.2, 0.25) is 0 Å². The Hall–Kier alpha value is -1.36. The average Bonchev–Trinajstić information content (AvgIpc) is 2.37. The molecule has 0 fully saturated rings. The number of anilines is 1. The maximum atomic E-state index is 12.0. The molecule has 1 aromatic carbocycles. The molecule has 0 aliphatic heterocycles. The number of nitrogens with one attached hydrogen (secondary N) is 1. The van der Waals surface area contributed by atoms with Crippen molar-refractivity contribution in [3.63, 3.8) is 0 Å². The number of carbonyl (C=O) groups is 1. The van der Waals surface area contributed by atoms with Crippen LogP contribution in [0.1, 0.15) is 31.1 Å². The first-order valence-corrected chi connectivity index (χ1v) is 7.98. The molecule has 20 heavy (non-hydrogen) atoms. The SMILES string of the molecule is CN(C)c1cccc(C(=O)NCCS(=O)C(C)(C)C)c1. The standard InChI is InChI=1S/C15H24N2O2S/c1-15(2,3)20(19)10-9-16-14(18)12-7-6-8-13(11-12)17(4)5/h6-8,11H,9-10H2,1-5H3,(H,16,18). The van der Waals surface area contributed by atoms with Crippen molar-refractivity contribution in [3.05, 3.63) is 29.8 Å². The fraction of sp³-hybridized carbons (Fsp3) is 0.533. The quantitative estimate of drug-likeness (QED) is 0.904. The van der Waals surface area contributed by atoms with Gasteiger partial charge in [-0.2, -0.15) is 0 Å². The molecule has 1 amide bonds. The summed E-state index contributed by atoms with van der Waals surface area (Å²) in [6.07, 6.45) is 0. The highest BCUT2D eigenvalue weighted by molar-refractivity contribution is 7.86. The third-order valence-electron chi connectivity index (χ3n) is 2.88. The van der Waals surface area contributed by atoms with Gasteiger partial charge in [0.25, 0.3) is 5.91 Å². The summed E-state index contributed by atoms with van der Waals surface area (Å²) in [4.78, 5) is 14.0. The molecular formula is C15H24N2O2S. The van der Waals surface area contributed by atoms with Gasteiger partial charge in [-0.25, -0.2) is 0 Å². The van der Waals surface area contributed by atoms with Crippen molar-refractivity contribution in [2.24, 2.45) is 0 Å². The van der Waals surface area contributed by atoms with E-state index in [2.05, 4.69) is 5.32 Å². The smallest absolute Gasteiger partial charge is 0.251 e. The van der Waals surface area contributed by atoms with Crippen LogP contribution in [0.2, 0.25) is 0 Å². The number of hydrogen-bond donors (Lipinski definition) is 1. The van der Waals surface area contributed by atoms with E-state index in [9.17, 15) is 9.00 Å².